The molecule has 2 aromatic carbocycles. The van der Waals surface area contributed by atoms with E-state index in [4.69, 9.17) is 4.74 Å². The van der Waals surface area contributed by atoms with Crippen LogP contribution in [0.15, 0.2) is 60.3 Å². The molecule has 0 aliphatic rings. The van der Waals surface area contributed by atoms with Crippen molar-refractivity contribution < 1.29 is 14.5 Å². The number of rotatable bonds is 10. The molecule has 0 fully saturated rings. The first-order valence-electron chi connectivity index (χ1n) is 10.2. The third kappa shape index (κ3) is 6.19. The van der Waals surface area contributed by atoms with Crippen molar-refractivity contribution in [3.05, 3.63) is 82.2 Å². The average Bonchev–Trinajstić information content (AvgIpc) is 3.17. The fraction of sp³-hybridized carbons (Fsp3) is 0.261. The highest BCUT2D eigenvalue weighted by Crippen LogP contribution is 2.27. The van der Waals surface area contributed by atoms with Gasteiger partial charge in [0.15, 0.2) is 17.1 Å². The van der Waals surface area contributed by atoms with Crippen LogP contribution in [-0.4, -0.2) is 31.3 Å². The van der Waals surface area contributed by atoms with E-state index in [1.165, 1.54) is 36.0 Å². The van der Waals surface area contributed by atoms with Crippen molar-refractivity contribution >= 4 is 29.0 Å². The summed E-state index contributed by atoms with van der Waals surface area (Å²) in [6, 6.07) is 11.7. The Labute approximate surface area is 196 Å². The second kappa shape index (κ2) is 10.8. The van der Waals surface area contributed by atoms with Gasteiger partial charge in [0, 0.05) is 24.4 Å². The van der Waals surface area contributed by atoms with Crippen LogP contribution >= 0.6 is 11.8 Å². The number of non-ortho nitro benzene ring substituents is 1. The van der Waals surface area contributed by atoms with Gasteiger partial charge in [0.1, 0.15) is 5.75 Å². The second-order valence-corrected chi connectivity index (χ2v) is 8.35. The van der Waals surface area contributed by atoms with Crippen molar-refractivity contribution in [1.82, 2.24) is 14.8 Å². The van der Waals surface area contributed by atoms with Gasteiger partial charge in [-0.1, -0.05) is 35.5 Å². The van der Waals surface area contributed by atoms with Gasteiger partial charge in [-0.3, -0.25) is 19.5 Å². The van der Waals surface area contributed by atoms with Crippen molar-refractivity contribution in [3.63, 3.8) is 0 Å². The number of nitro benzene ring substituents is 1. The Morgan fingerprint density at radius 1 is 1.27 bits per heavy atom. The molecule has 0 aliphatic heterocycles. The summed E-state index contributed by atoms with van der Waals surface area (Å²) in [4.78, 5) is 22.6. The first-order chi connectivity index (χ1) is 15.8. The Morgan fingerprint density at radius 3 is 2.64 bits per heavy atom. The van der Waals surface area contributed by atoms with Gasteiger partial charge < -0.3 is 10.1 Å². The number of allylic oxidation sites excluding steroid dienone is 1. The molecule has 33 heavy (non-hydrogen) atoms. The Kier molecular flexibility index (Phi) is 7.83. The van der Waals surface area contributed by atoms with Gasteiger partial charge in [-0.15, -0.1) is 16.8 Å². The Morgan fingerprint density at radius 2 is 2.00 bits per heavy atom. The van der Waals surface area contributed by atoms with Crippen LogP contribution in [0.3, 0.4) is 0 Å². The molecular weight excluding hydrogens is 442 g/mol. The highest BCUT2D eigenvalue weighted by atomic mass is 32.2. The van der Waals surface area contributed by atoms with Crippen LogP contribution in [0.1, 0.15) is 30.0 Å². The number of carbonyl (C=O) groups excluding carboxylic acids is 1. The minimum Gasteiger partial charge on any atom is -0.482 e. The van der Waals surface area contributed by atoms with Crippen LogP contribution in [0.4, 0.5) is 11.4 Å². The Bertz CT molecular complexity index is 1160. The number of benzene rings is 2. The van der Waals surface area contributed by atoms with Crippen molar-refractivity contribution in [3.8, 4) is 5.75 Å². The summed E-state index contributed by atoms with van der Waals surface area (Å²) in [7, 11) is 0. The summed E-state index contributed by atoms with van der Waals surface area (Å²) in [6.07, 6.45) is 1.37. The van der Waals surface area contributed by atoms with Crippen LogP contribution < -0.4 is 10.1 Å². The molecule has 0 aliphatic carbocycles. The standard InChI is InChI=1S/C23H25N5O4S/c1-5-12-27-22(17(4)32-20-11-6-15(2)13-16(20)3)25-26-23(27)33-14-21(29)24-18-7-9-19(10-8-18)28(30)31/h5-11,13,17H,1,12,14H2,2-4H3,(H,24,29). The zero-order valence-corrected chi connectivity index (χ0v) is 19.5. The topological polar surface area (TPSA) is 112 Å². The predicted molar refractivity (Wildman–Crippen MR) is 128 cm³/mol. The first-order valence-corrected chi connectivity index (χ1v) is 11.2. The van der Waals surface area contributed by atoms with E-state index in [0.29, 0.717) is 23.2 Å². The fourth-order valence-electron chi connectivity index (χ4n) is 3.18. The summed E-state index contributed by atoms with van der Waals surface area (Å²) in [5, 5.41) is 22.6. The number of aromatic nitrogens is 3. The zero-order valence-electron chi connectivity index (χ0n) is 18.6. The fourth-order valence-corrected chi connectivity index (χ4v) is 3.93. The lowest BCUT2D eigenvalue weighted by atomic mass is 10.1. The first kappa shape index (κ1) is 24.0. The number of nitrogens with one attached hydrogen (secondary N) is 1. The smallest absolute Gasteiger partial charge is 0.269 e. The number of aryl methyl sites for hydroxylation is 2. The predicted octanol–water partition coefficient (Wildman–Crippen LogP) is 4.86. The quantitative estimate of drug-likeness (QED) is 0.196. The van der Waals surface area contributed by atoms with Gasteiger partial charge in [0.2, 0.25) is 5.91 Å². The summed E-state index contributed by atoms with van der Waals surface area (Å²) < 4.78 is 7.99. The van der Waals surface area contributed by atoms with Crippen molar-refractivity contribution in [2.45, 2.75) is 38.6 Å². The molecule has 0 bridgehead atoms. The monoisotopic (exact) mass is 467 g/mol. The lowest BCUT2D eigenvalue weighted by Crippen LogP contribution is -2.15. The number of anilines is 1. The number of carbonyl (C=O) groups is 1. The number of nitro groups is 1. The number of hydrogen-bond acceptors (Lipinski definition) is 7. The highest BCUT2D eigenvalue weighted by Gasteiger charge is 2.20. The summed E-state index contributed by atoms with van der Waals surface area (Å²) in [6.45, 7) is 10.2. The van der Waals surface area contributed by atoms with E-state index in [0.717, 1.165) is 16.9 Å². The SMILES string of the molecule is C=CCn1c(SCC(=O)Nc2ccc([N+](=O)[O-])cc2)nnc1C(C)Oc1ccc(C)cc1C. The second-order valence-electron chi connectivity index (χ2n) is 7.41. The number of nitrogens with zero attached hydrogens (tertiary/aromatic N) is 4. The molecule has 172 valence electrons. The van der Waals surface area contributed by atoms with Crippen molar-refractivity contribution in [1.29, 1.82) is 0 Å². The molecule has 3 aromatic rings. The molecule has 1 amide bonds. The molecule has 1 N–H and O–H groups in total. The Balaban J connectivity index is 1.66. The van der Waals surface area contributed by atoms with Crippen LogP contribution in [0.25, 0.3) is 0 Å². The molecule has 9 nitrogen and oxygen atoms in total. The molecule has 0 radical (unpaired) electrons. The lowest BCUT2D eigenvalue weighted by Gasteiger charge is -2.17. The van der Waals surface area contributed by atoms with Crippen molar-refractivity contribution in [2.24, 2.45) is 0 Å². The van der Waals surface area contributed by atoms with Crippen LogP contribution in [0.5, 0.6) is 5.75 Å². The largest absolute Gasteiger partial charge is 0.482 e. The maximum atomic E-state index is 12.4. The Hall–Kier alpha value is -3.66. The maximum absolute atomic E-state index is 12.4. The molecule has 1 heterocycles. The summed E-state index contributed by atoms with van der Waals surface area (Å²) >= 11 is 1.24. The highest BCUT2D eigenvalue weighted by molar-refractivity contribution is 7.99. The van der Waals surface area contributed by atoms with E-state index in [9.17, 15) is 14.9 Å². The van der Waals surface area contributed by atoms with Gasteiger partial charge in [-0.05, 0) is 44.5 Å². The summed E-state index contributed by atoms with van der Waals surface area (Å²) in [5.41, 5.74) is 2.64. The van der Waals surface area contributed by atoms with E-state index < -0.39 is 4.92 Å². The summed E-state index contributed by atoms with van der Waals surface area (Å²) in [5.74, 6) is 1.24. The minimum atomic E-state index is -0.490. The van der Waals surface area contributed by atoms with Gasteiger partial charge >= 0.3 is 0 Å². The van der Waals surface area contributed by atoms with E-state index in [1.54, 1.807) is 6.08 Å². The molecule has 3 rings (SSSR count). The van der Waals surface area contributed by atoms with Crippen LogP contribution in [0, 0.1) is 24.0 Å². The van der Waals surface area contributed by atoms with Gasteiger partial charge in [0.05, 0.1) is 10.7 Å². The minimum absolute atomic E-state index is 0.0374. The molecule has 0 saturated carbocycles. The number of thioether (sulfide) groups is 1. The molecule has 1 atom stereocenters. The third-order valence-corrected chi connectivity index (χ3v) is 5.72. The molecule has 1 aromatic heterocycles. The molecule has 10 heteroatoms. The average molecular weight is 468 g/mol. The van der Waals surface area contributed by atoms with Gasteiger partial charge in [-0.25, -0.2) is 0 Å². The number of hydrogen-bond donors (Lipinski definition) is 1. The number of ether oxygens (including phenoxy) is 1. The third-order valence-electron chi connectivity index (χ3n) is 4.75. The maximum Gasteiger partial charge on any atom is 0.269 e. The zero-order chi connectivity index (χ0) is 24.0. The van der Waals surface area contributed by atoms with E-state index in [-0.39, 0.29) is 23.5 Å². The normalized spacial score (nSPS) is 11.6. The van der Waals surface area contributed by atoms with Crippen molar-refractivity contribution in [2.75, 3.05) is 11.1 Å². The molecule has 1 unspecified atom stereocenters. The molecule has 0 saturated heterocycles. The van der Waals surface area contributed by atoms with Crippen LogP contribution in [-0.2, 0) is 11.3 Å². The van der Waals surface area contributed by atoms with Gasteiger partial charge in [0.25, 0.3) is 5.69 Å². The van der Waals surface area contributed by atoms with Crippen LogP contribution in [0.2, 0.25) is 0 Å². The lowest BCUT2D eigenvalue weighted by molar-refractivity contribution is -0.384. The van der Waals surface area contributed by atoms with E-state index >= 15 is 0 Å². The van der Waals surface area contributed by atoms with Gasteiger partial charge in [-0.2, -0.15) is 0 Å². The van der Waals surface area contributed by atoms with E-state index in [1.807, 2.05) is 37.5 Å². The molecular formula is C23H25N5O4S. The van der Waals surface area contributed by atoms with E-state index in [2.05, 4.69) is 28.2 Å². The number of amides is 1. The molecule has 0 spiro atoms.